The van der Waals surface area contributed by atoms with Crippen LogP contribution in [0.15, 0.2) is 35.7 Å². The van der Waals surface area contributed by atoms with Gasteiger partial charge in [-0.1, -0.05) is 40.5 Å². The molecule has 3 rings (SSSR count). The second-order valence-corrected chi connectivity index (χ2v) is 7.49. The van der Waals surface area contributed by atoms with Crippen molar-refractivity contribution in [3.05, 3.63) is 56.3 Å². The molecule has 26 heavy (non-hydrogen) atoms. The summed E-state index contributed by atoms with van der Waals surface area (Å²) < 4.78 is 1.58. The highest BCUT2D eigenvalue weighted by Crippen LogP contribution is 2.29. The molecule has 1 aromatic carbocycles. The van der Waals surface area contributed by atoms with Gasteiger partial charge < -0.3 is 11.1 Å². The lowest BCUT2D eigenvalue weighted by molar-refractivity contribution is 0.0942. The fraction of sp³-hybridized carbons (Fsp3) is 0.235. The molecule has 1 atom stereocenters. The maximum absolute atomic E-state index is 12.6. The van der Waals surface area contributed by atoms with Gasteiger partial charge in [-0.2, -0.15) is 0 Å². The van der Waals surface area contributed by atoms with E-state index in [0.29, 0.717) is 33.7 Å². The normalized spacial score (nSPS) is 12.2. The lowest BCUT2D eigenvalue weighted by Gasteiger charge is -2.16. The van der Waals surface area contributed by atoms with Crippen LogP contribution in [-0.4, -0.2) is 33.5 Å². The van der Waals surface area contributed by atoms with E-state index in [1.807, 2.05) is 29.6 Å². The molecule has 0 radical (unpaired) electrons. The standard InChI is InChI=1S/C17H17Cl2N5OS/c1-24-15(16(19)22-23-24)11-7-14(26-9-11)17(25)21-13(8-20)6-10-2-4-12(18)5-3-10/h2-5,7,9,13H,6,8,20H2,1H3,(H,21,25). The Balaban J connectivity index is 1.70. The van der Waals surface area contributed by atoms with Crippen LogP contribution in [0.3, 0.4) is 0 Å². The summed E-state index contributed by atoms with van der Waals surface area (Å²) in [5.74, 6) is -0.170. The second kappa shape index (κ2) is 8.18. The van der Waals surface area contributed by atoms with E-state index >= 15 is 0 Å². The average Bonchev–Trinajstić information content (AvgIpc) is 3.22. The van der Waals surface area contributed by atoms with Crippen molar-refractivity contribution in [3.63, 3.8) is 0 Å². The Morgan fingerprint density at radius 2 is 2.08 bits per heavy atom. The number of halogens is 2. The summed E-state index contributed by atoms with van der Waals surface area (Å²) >= 11 is 13.3. The number of hydrogen-bond donors (Lipinski definition) is 2. The molecule has 0 saturated carbocycles. The molecule has 0 fully saturated rings. The third-order valence-electron chi connectivity index (χ3n) is 3.90. The predicted octanol–water partition coefficient (Wildman–Crippen LogP) is 3.15. The first-order valence-electron chi connectivity index (χ1n) is 7.87. The highest BCUT2D eigenvalue weighted by atomic mass is 35.5. The number of thiophene rings is 1. The third-order valence-corrected chi connectivity index (χ3v) is 5.33. The SMILES string of the molecule is Cn1nnc(Cl)c1-c1csc(C(=O)NC(CN)Cc2ccc(Cl)cc2)c1. The molecule has 0 aliphatic rings. The molecule has 9 heteroatoms. The fourth-order valence-corrected chi connectivity index (χ4v) is 3.76. The average molecular weight is 410 g/mol. The van der Waals surface area contributed by atoms with Crippen molar-refractivity contribution in [2.75, 3.05) is 6.54 Å². The Hall–Kier alpha value is -1.93. The van der Waals surface area contributed by atoms with Gasteiger partial charge >= 0.3 is 0 Å². The predicted molar refractivity (Wildman–Crippen MR) is 105 cm³/mol. The molecule has 0 bridgehead atoms. The van der Waals surface area contributed by atoms with Gasteiger partial charge in [0.05, 0.1) is 4.88 Å². The molecule has 0 spiro atoms. The van der Waals surface area contributed by atoms with E-state index in [2.05, 4.69) is 15.6 Å². The number of benzene rings is 1. The lowest BCUT2D eigenvalue weighted by Crippen LogP contribution is -2.41. The monoisotopic (exact) mass is 409 g/mol. The number of carbonyl (C=O) groups excluding carboxylic acids is 1. The first-order chi connectivity index (χ1) is 12.5. The van der Waals surface area contributed by atoms with E-state index in [0.717, 1.165) is 11.1 Å². The molecule has 2 aromatic heterocycles. The van der Waals surface area contributed by atoms with Crippen LogP contribution in [0.1, 0.15) is 15.2 Å². The molecule has 0 saturated heterocycles. The third kappa shape index (κ3) is 4.24. The van der Waals surface area contributed by atoms with Gasteiger partial charge in [-0.05, 0) is 30.2 Å². The number of aryl methyl sites for hydroxylation is 1. The van der Waals surface area contributed by atoms with E-state index < -0.39 is 0 Å². The number of nitrogens with one attached hydrogen (secondary N) is 1. The van der Waals surface area contributed by atoms with Crippen LogP contribution in [0.2, 0.25) is 10.2 Å². The second-order valence-electron chi connectivity index (χ2n) is 5.79. The van der Waals surface area contributed by atoms with E-state index in [-0.39, 0.29) is 11.9 Å². The van der Waals surface area contributed by atoms with Gasteiger partial charge in [-0.3, -0.25) is 4.79 Å². The number of nitrogens with two attached hydrogens (primary N) is 1. The first kappa shape index (κ1) is 18.8. The molecular formula is C17H17Cl2N5OS. The molecule has 0 aliphatic carbocycles. The molecule has 136 valence electrons. The van der Waals surface area contributed by atoms with Crippen molar-refractivity contribution in [3.8, 4) is 11.3 Å². The molecule has 2 heterocycles. The fourth-order valence-electron chi connectivity index (χ4n) is 2.57. The summed E-state index contributed by atoms with van der Waals surface area (Å²) in [6, 6.07) is 9.11. The quantitative estimate of drug-likeness (QED) is 0.654. The van der Waals surface area contributed by atoms with E-state index in [1.54, 1.807) is 17.8 Å². The number of hydrogen-bond acceptors (Lipinski definition) is 5. The summed E-state index contributed by atoms with van der Waals surface area (Å²) in [6.07, 6.45) is 0.634. The zero-order valence-corrected chi connectivity index (χ0v) is 16.3. The van der Waals surface area contributed by atoms with Crippen molar-refractivity contribution in [2.24, 2.45) is 12.8 Å². The molecule has 1 amide bonds. The zero-order chi connectivity index (χ0) is 18.7. The minimum absolute atomic E-state index is 0.170. The Morgan fingerprint density at radius 3 is 2.69 bits per heavy atom. The summed E-state index contributed by atoms with van der Waals surface area (Å²) in [5.41, 5.74) is 8.37. The van der Waals surface area contributed by atoms with Crippen molar-refractivity contribution in [2.45, 2.75) is 12.5 Å². The molecular weight excluding hydrogens is 393 g/mol. The number of amides is 1. The van der Waals surface area contributed by atoms with Crippen LogP contribution in [0, 0.1) is 0 Å². The summed E-state index contributed by atoms with van der Waals surface area (Å²) in [5, 5.41) is 13.5. The van der Waals surface area contributed by atoms with Gasteiger partial charge in [0.15, 0.2) is 5.15 Å². The number of nitrogens with zero attached hydrogens (tertiary/aromatic N) is 3. The largest absolute Gasteiger partial charge is 0.347 e. The van der Waals surface area contributed by atoms with Gasteiger partial charge in [0.25, 0.3) is 5.91 Å². The zero-order valence-electron chi connectivity index (χ0n) is 13.9. The highest BCUT2D eigenvalue weighted by molar-refractivity contribution is 7.12. The number of carbonyl (C=O) groups is 1. The summed E-state index contributed by atoms with van der Waals surface area (Å²) in [6.45, 7) is 0.337. The van der Waals surface area contributed by atoms with Crippen LogP contribution in [0.5, 0.6) is 0 Å². The highest BCUT2D eigenvalue weighted by Gasteiger charge is 2.18. The Bertz CT molecular complexity index is 887. The molecule has 3 N–H and O–H groups in total. The summed E-state index contributed by atoms with van der Waals surface area (Å²) in [7, 11) is 1.75. The topological polar surface area (TPSA) is 85.8 Å². The summed E-state index contributed by atoms with van der Waals surface area (Å²) in [4.78, 5) is 13.1. The van der Waals surface area contributed by atoms with Gasteiger partial charge in [0.2, 0.25) is 0 Å². The van der Waals surface area contributed by atoms with Gasteiger partial charge in [-0.15, -0.1) is 16.4 Å². The van der Waals surface area contributed by atoms with Crippen LogP contribution >= 0.6 is 34.5 Å². The van der Waals surface area contributed by atoms with Gasteiger partial charge in [0.1, 0.15) is 5.69 Å². The molecule has 0 aliphatic heterocycles. The van der Waals surface area contributed by atoms with Crippen LogP contribution in [-0.2, 0) is 13.5 Å². The Labute approximate surface area is 164 Å². The van der Waals surface area contributed by atoms with Crippen LogP contribution < -0.4 is 11.1 Å². The maximum Gasteiger partial charge on any atom is 0.261 e. The number of rotatable bonds is 6. The molecule has 3 aromatic rings. The Kier molecular flexibility index (Phi) is 5.93. The van der Waals surface area contributed by atoms with Crippen molar-refractivity contribution < 1.29 is 4.79 Å². The first-order valence-corrected chi connectivity index (χ1v) is 9.51. The molecule has 6 nitrogen and oxygen atoms in total. The van der Waals surface area contributed by atoms with Crippen molar-refractivity contribution >= 4 is 40.4 Å². The van der Waals surface area contributed by atoms with Crippen LogP contribution in [0.4, 0.5) is 0 Å². The van der Waals surface area contributed by atoms with Crippen molar-refractivity contribution in [1.82, 2.24) is 20.3 Å². The maximum atomic E-state index is 12.6. The lowest BCUT2D eigenvalue weighted by atomic mass is 10.1. The minimum Gasteiger partial charge on any atom is -0.347 e. The van der Waals surface area contributed by atoms with E-state index in [1.165, 1.54) is 11.3 Å². The van der Waals surface area contributed by atoms with Crippen molar-refractivity contribution in [1.29, 1.82) is 0 Å². The number of aromatic nitrogens is 3. The minimum atomic E-state index is -0.170. The Morgan fingerprint density at radius 1 is 1.35 bits per heavy atom. The van der Waals surface area contributed by atoms with Gasteiger partial charge in [-0.25, -0.2) is 4.68 Å². The smallest absolute Gasteiger partial charge is 0.261 e. The van der Waals surface area contributed by atoms with E-state index in [9.17, 15) is 4.79 Å². The van der Waals surface area contributed by atoms with Gasteiger partial charge in [0, 0.05) is 35.6 Å². The van der Waals surface area contributed by atoms with E-state index in [4.69, 9.17) is 28.9 Å². The van der Waals surface area contributed by atoms with Crippen LogP contribution in [0.25, 0.3) is 11.3 Å². The molecule has 1 unspecified atom stereocenters.